The van der Waals surface area contributed by atoms with Gasteiger partial charge in [-0.2, -0.15) is 0 Å². The standard InChI is InChI=1S/C21H24N4O2S/c1-13-19(28-14(2)23-13)20(26)25-16-3-4-17(25)10-21(27,9-16)12-24-8-6-15-5-7-22-11-18(15)24/h5-8,11,16-17,27H,3-4,9-10,12H2,1-2H3. The monoisotopic (exact) mass is 396 g/mol. The molecule has 2 aliphatic heterocycles. The number of carbonyl (C=O) groups is 1. The molecule has 1 amide bonds. The lowest BCUT2D eigenvalue weighted by molar-refractivity contribution is -0.0532. The van der Waals surface area contributed by atoms with Gasteiger partial charge in [0.05, 0.1) is 34.6 Å². The lowest BCUT2D eigenvalue weighted by atomic mass is 9.85. The number of hydrogen-bond donors (Lipinski definition) is 1. The first kappa shape index (κ1) is 17.8. The highest BCUT2D eigenvalue weighted by molar-refractivity contribution is 7.13. The largest absolute Gasteiger partial charge is 0.388 e. The Bertz CT molecular complexity index is 1040. The molecule has 0 radical (unpaired) electrons. The first-order valence-corrected chi connectivity index (χ1v) is 10.6. The molecule has 0 spiro atoms. The van der Waals surface area contributed by atoms with Crippen LogP contribution in [0.3, 0.4) is 0 Å². The van der Waals surface area contributed by atoms with Gasteiger partial charge in [0.25, 0.3) is 5.91 Å². The minimum absolute atomic E-state index is 0.0910. The molecule has 0 saturated carbocycles. The Balaban J connectivity index is 1.39. The van der Waals surface area contributed by atoms with Crippen LogP contribution in [0.4, 0.5) is 0 Å². The molecule has 2 aliphatic rings. The van der Waals surface area contributed by atoms with Crippen molar-refractivity contribution in [2.24, 2.45) is 0 Å². The van der Waals surface area contributed by atoms with E-state index < -0.39 is 5.60 Å². The summed E-state index contributed by atoms with van der Waals surface area (Å²) in [6, 6.07) is 4.24. The van der Waals surface area contributed by atoms with Gasteiger partial charge in [0, 0.05) is 29.9 Å². The van der Waals surface area contributed by atoms with Crippen molar-refractivity contribution >= 4 is 28.1 Å². The van der Waals surface area contributed by atoms with Crippen molar-refractivity contribution in [1.29, 1.82) is 0 Å². The van der Waals surface area contributed by atoms with Crippen molar-refractivity contribution in [2.45, 2.75) is 63.8 Å². The summed E-state index contributed by atoms with van der Waals surface area (Å²) in [5, 5.41) is 13.5. The third-order valence-electron chi connectivity index (χ3n) is 6.22. The van der Waals surface area contributed by atoms with Crippen LogP contribution in [0.2, 0.25) is 0 Å². The Morgan fingerprint density at radius 1 is 1.29 bits per heavy atom. The molecule has 5 rings (SSSR count). The van der Waals surface area contributed by atoms with Gasteiger partial charge < -0.3 is 14.6 Å². The first-order valence-electron chi connectivity index (χ1n) is 9.81. The highest BCUT2D eigenvalue weighted by atomic mass is 32.1. The van der Waals surface area contributed by atoms with E-state index in [1.54, 1.807) is 6.20 Å². The summed E-state index contributed by atoms with van der Waals surface area (Å²) in [5.41, 5.74) is 1.06. The number of aryl methyl sites for hydroxylation is 2. The number of hydrogen-bond acceptors (Lipinski definition) is 5. The van der Waals surface area contributed by atoms with Gasteiger partial charge in [-0.1, -0.05) is 0 Å². The zero-order valence-corrected chi connectivity index (χ0v) is 16.9. The Kier molecular flexibility index (Phi) is 4.07. The summed E-state index contributed by atoms with van der Waals surface area (Å²) < 4.78 is 2.09. The summed E-state index contributed by atoms with van der Waals surface area (Å²) in [6.07, 6.45) is 8.81. The molecule has 1 N–H and O–H groups in total. The van der Waals surface area contributed by atoms with Crippen LogP contribution >= 0.6 is 11.3 Å². The molecule has 5 heterocycles. The van der Waals surface area contributed by atoms with Gasteiger partial charge in [-0.25, -0.2) is 4.98 Å². The number of nitrogens with zero attached hydrogens (tertiary/aromatic N) is 4. The number of fused-ring (bicyclic) bond motifs is 3. The summed E-state index contributed by atoms with van der Waals surface area (Å²) in [7, 11) is 0. The van der Waals surface area contributed by atoms with Crippen molar-refractivity contribution in [2.75, 3.05) is 0 Å². The van der Waals surface area contributed by atoms with Gasteiger partial charge in [0.1, 0.15) is 4.88 Å². The topological polar surface area (TPSA) is 71.2 Å². The van der Waals surface area contributed by atoms with Crippen LogP contribution in [-0.2, 0) is 6.54 Å². The van der Waals surface area contributed by atoms with Gasteiger partial charge >= 0.3 is 0 Å². The second-order valence-corrected chi connectivity index (χ2v) is 9.46. The van der Waals surface area contributed by atoms with E-state index in [9.17, 15) is 9.90 Å². The normalized spacial score (nSPS) is 26.9. The lowest BCUT2D eigenvalue weighted by Crippen LogP contribution is -2.54. The molecule has 2 saturated heterocycles. The Labute approximate surface area is 167 Å². The molecule has 7 heteroatoms. The smallest absolute Gasteiger partial charge is 0.266 e. The van der Waals surface area contributed by atoms with Crippen LogP contribution in [0.15, 0.2) is 30.7 Å². The molecule has 0 aromatic carbocycles. The van der Waals surface area contributed by atoms with Gasteiger partial charge in [0.2, 0.25) is 0 Å². The summed E-state index contributed by atoms with van der Waals surface area (Å²) >= 11 is 1.48. The SMILES string of the molecule is Cc1nc(C)c(C(=O)N2C3CCC2CC(O)(Cn2ccc4ccncc42)C3)s1. The molecule has 3 aromatic rings. The maximum Gasteiger partial charge on any atom is 0.266 e. The molecule has 28 heavy (non-hydrogen) atoms. The average Bonchev–Trinajstić information content (AvgIpc) is 3.29. The fourth-order valence-corrected chi connectivity index (χ4v) is 5.98. The predicted molar refractivity (Wildman–Crippen MR) is 108 cm³/mol. The zero-order chi connectivity index (χ0) is 19.5. The fourth-order valence-electron chi connectivity index (χ4n) is 5.11. The van der Waals surface area contributed by atoms with E-state index in [0.29, 0.717) is 19.4 Å². The van der Waals surface area contributed by atoms with Crippen molar-refractivity contribution in [3.05, 3.63) is 46.3 Å². The fraction of sp³-hybridized carbons (Fsp3) is 0.476. The first-order chi connectivity index (χ1) is 13.4. The van der Waals surface area contributed by atoms with E-state index in [1.165, 1.54) is 11.3 Å². The third-order valence-corrected chi connectivity index (χ3v) is 7.29. The number of thiazole rings is 1. The number of carbonyl (C=O) groups excluding carboxylic acids is 1. The maximum atomic E-state index is 13.2. The van der Waals surface area contributed by atoms with E-state index in [1.807, 2.05) is 37.2 Å². The summed E-state index contributed by atoms with van der Waals surface area (Å²) in [4.78, 5) is 24.6. The van der Waals surface area contributed by atoms with Gasteiger partial charge in [-0.05, 0) is 51.7 Å². The number of piperidine rings is 1. The minimum atomic E-state index is -0.803. The number of aliphatic hydroxyl groups is 1. The van der Waals surface area contributed by atoms with E-state index in [0.717, 1.165) is 39.3 Å². The van der Waals surface area contributed by atoms with Crippen LogP contribution in [0, 0.1) is 13.8 Å². The third kappa shape index (κ3) is 2.84. The Morgan fingerprint density at radius 3 is 2.71 bits per heavy atom. The average molecular weight is 397 g/mol. The number of aromatic nitrogens is 3. The van der Waals surface area contributed by atoms with E-state index in [2.05, 4.69) is 20.6 Å². The van der Waals surface area contributed by atoms with Gasteiger partial charge in [-0.15, -0.1) is 11.3 Å². The van der Waals surface area contributed by atoms with E-state index in [4.69, 9.17) is 0 Å². The molecule has 146 valence electrons. The second-order valence-electron chi connectivity index (χ2n) is 8.26. The molecule has 0 aliphatic carbocycles. The molecule has 2 bridgehead atoms. The highest BCUT2D eigenvalue weighted by Crippen LogP contribution is 2.43. The molecule has 2 fully saturated rings. The molecule has 2 atom stereocenters. The zero-order valence-electron chi connectivity index (χ0n) is 16.1. The van der Waals surface area contributed by atoms with E-state index in [-0.39, 0.29) is 18.0 Å². The summed E-state index contributed by atoms with van der Waals surface area (Å²) in [6.45, 7) is 4.38. The molecule has 6 nitrogen and oxygen atoms in total. The van der Waals surface area contributed by atoms with Crippen LogP contribution < -0.4 is 0 Å². The van der Waals surface area contributed by atoms with Gasteiger partial charge in [0.15, 0.2) is 0 Å². The summed E-state index contributed by atoms with van der Waals surface area (Å²) in [5.74, 6) is 0.0910. The van der Waals surface area contributed by atoms with Crippen LogP contribution in [0.25, 0.3) is 10.9 Å². The van der Waals surface area contributed by atoms with Crippen LogP contribution in [0.5, 0.6) is 0 Å². The predicted octanol–water partition coefficient (Wildman–Crippen LogP) is 3.31. The quantitative estimate of drug-likeness (QED) is 0.737. The molecular formula is C21H24N4O2S. The highest BCUT2D eigenvalue weighted by Gasteiger charge is 2.50. The van der Waals surface area contributed by atoms with Crippen molar-refractivity contribution in [3.8, 4) is 0 Å². The van der Waals surface area contributed by atoms with Crippen molar-refractivity contribution < 1.29 is 9.90 Å². The Hall–Kier alpha value is -2.25. The van der Waals surface area contributed by atoms with Crippen LogP contribution in [-0.4, -0.2) is 48.1 Å². The Morgan fingerprint density at radius 2 is 2.04 bits per heavy atom. The maximum absolute atomic E-state index is 13.2. The second kappa shape index (κ2) is 6.39. The number of rotatable bonds is 3. The number of pyridine rings is 1. The molecular weight excluding hydrogens is 372 g/mol. The van der Waals surface area contributed by atoms with Crippen molar-refractivity contribution in [3.63, 3.8) is 0 Å². The minimum Gasteiger partial charge on any atom is -0.388 e. The van der Waals surface area contributed by atoms with Crippen molar-refractivity contribution in [1.82, 2.24) is 19.4 Å². The molecule has 3 aromatic heterocycles. The van der Waals surface area contributed by atoms with Gasteiger partial charge in [-0.3, -0.25) is 9.78 Å². The van der Waals surface area contributed by atoms with Crippen LogP contribution in [0.1, 0.15) is 46.1 Å². The lowest BCUT2D eigenvalue weighted by Gasteiger charge is -2.44. The molecule has 2 unspecified atom stereocenters. The number of amides is 1. The van der Waals surface area contributed by atoms with E-state index >= 15 is 0 Å².